The number of carbonyl (C=O) groups is 1. The molecule has 0 aromatic rings. The summed E-state index contributed by atoms with van der Waals surface area (Å²) >= 11 is 0. The van der Waals surface area contributed by atoms with Crippen LogP contribution in [0.4, 0.5) is 0 Å². The Morgan fingerprint density at radius 1 is 1.33 bits per heavy atom. The molecule has 0 unspecified atom stereocenters. The number of aliphatic hydroxyl groups is 5. The highest BCUT2D eigenvalue weighted by molar-refractivity contribution is 5.79. The molecule has 0 fully saturated rings. The van der Waals surface area contributed by atoms with Gasteiger partial charge in [-0.25, -0.2) is 5.43 Å². The van der Waals surface area contributed by atoms with Gasteiger partial charge in [0.1, 0.15) is 30.8 Å². The number of nitrogens with one attached hydrogen (secondary N) is 1. The Morgan fingerprint density at radius 2 is 1.94 bits per heavy atom. The van der Waals surface area contributed by atoms with Gasteiger partial charge < -0.3 is 25.5 Å². The second kappa shape index (κ2) is 8.51. The molecule has 0 aromatic carbocycles. The first-order chi connectivity index (χ1) is 8.43. The van der Waals surface area contributed by atoms with Crippen LogP contribution in [0.25, 0.3) is 0 Å². The number of nitrogens with zero attached hydrogens (tertiary/aromatic N) is 2. The van der Waals surface area contributed by atoms with Crippen LogP contribution in [-0.4, -0.2) is 68.7 Å². The quantitative estimate of drug-likeness (QED) is 0.203. The summed E-state index contributed by atoms with van der Waals surface area (Å²) in [5, 5.41) is 56.8. The predicted octanol–water partition coefficient (Wildman–Crippen LogP) is -3.56. The SMILES string of the molecule is N#CCC(=O)N/N=C\[C@H](O)[C@H](O)[C@H](O)[C@H](O)CO. The molecule has 0 bridgehead atoms. The van der Waals surface area contributed by atoms with Gasteiger partial charge in [0.15, 0.2) is 0 Å². The minimum Gasteiger partial charge on any atom is -0.394 e. The van der Waals surface area contributed by atoms with E-state index in [0.29, 0.717) is 6.21 Å². The molecule has 102 valence electrons. The van der Waals surface area contributed by atoms with Gasteiger partial charge in [-0.15, -0.1) is 0 Å². The Bertz CT molecular complexity index is 329. The molecule has 9 heteroatoms. The number of nitriles is 1. The van der Waals surface area contributed by atoms with Crippen molar-refractivity contribution in [3.8, 4) is 6.07 Å². The zero-order chi connectivity index (χ0) is 14.1. The lowest BCUT2D eigenvalue weighted by molar-refractivity contribution is -0.120. The van der Waals surface area contributed by atoms with Crippen molar-refractivity contribution < 1.29 is 30.3 Å². The van der Waals surface area contributed by atoms with Crippen molar-refractivity contribution in [3.63, 3.8) is 0 Å². The number of amides is 1. The summed E-state index contributed by atoms with van der Waals surface area (Å²) in [6.45, 7) is -0.791. The summed E-state index contributed by atoms with van der Waals surface area (Å²) in [5.41, 5.74) is 1.89. The van der Waals surface area contributed by atoms with Crippen LogP contribution in [0.3, 0.4) is 0 Å². The lowest BCUT2D eigenvalue weighted by Gasteiger charge is -2.23. The molecule has 0 spiro atoms. The summed E-state index contributed by atoms with van der Waals surface area (Å²) in [6, 6.07) is 1.57. The summed E-state index contributed by atoms with van der Waals surface area (Å²) in [5.74, 6) is -0.702. The number of hydrogen-bond donors (Lipinski definition) is 6. The number of hydrazone groups is 1. The van der Waals surface area contributed by atoms with Crippen molar-refractivity contribution in [2.24, 2.45) is 5.10 Å². The average Bonchev–Trinajstić information content (AvgIpc) is 2.36. The van der Waals surface area contributed by atoms with Gasteiger partial charge in [-0.2, -0.15) is 10.4 Å². The van der Waals surface area contributed by atoms with Crippen LogP contribution in [0, 0.1) is 11.3 Å². The van der Waals surface area contributed by atoms with Gasteiger partial charge in [0.25, 0.3) is 5.91 Å². The third kappa shape index (κ3) is 5.67. The monoisotopic (exact) mass is 261 g/mol. The van der Waals surface area contributed by atoms with Gasteiger partial charge >= 0.3 is 0 Å². The fourth-order valence-electron chi connectivity index (χ4n) is 0.923. The van der Waals surface area contributed by atoms with Crippen molar-refractivity contribution in [2.75, 3.05) is 6.61 Å². The van der Waals surface area contributed by atoms with Crippen molar-refractivity contribution >= 4 is 12.1 Å². The fourth-order valence-corrected chi connectivity index (χ4v) is 0.923. The highest BCUT2D eigenvalue weighted by atomic mass is 16.4. The van der Waals surface area contributed by atoms with Crippen molar-refractivity contribution in [2.45, 2.75) is 30.8 Å². The maximum absolute atomic E-state index is 10.8. The van der Waals surface area contributed by atoms with Crippen LogP contribution in [0.5, 0.6) is 0 Å². The molecule has 0 aliphatic rings. The second-order valence-electron chi connectivity index (χ2n) is 3.37. The molecule has 0 heterocycles. The summed E-state index contributed by atoms with van der Waals surface area (Å²) in [7, 11) is 0. The van der Waals surface area contributed by atoms with Crippen LogP contribution in [0.15, 0.2) is 5.10 Å². The molecular weight excluding hydrogens is 246 g/mol. The molecule has 0 aliphatic heterocycles. The highest BCUT2D eigenvalue weighted by Gasteiger charge is 2.29. The van der Waals surface area contributed by atoms with Gasteiger partial charge in [-0.05, 0) is 0 Å². The molecular formula is C9H15N3O6. The largest absolute Gasteiger partial charge is 0.394 e. The predicted molar refractivity (Wildman–Crippen MR) is 58.0 cm³/mol. The Balaban J connectivity index is 4.23. The van der Waals surface area contributed by atoms with E-state index in [0.717, 1.165) is 0 Å². The fraction of sp³-hybridized carbons (Fsp3) is 0.667. The Kier molecular flexibility index (Phi) is 7.77. The number of carbonyl (C=O) groups excluding carboxylic acids is 1. The minimum absolute atomic E-state index is 0.415. The molecule has 6 N–H and O–H groups in total. The molecule has 0 saturated heterocycles. The van der Waals surface area contributed by atoms with Crippen molar-refractivity contribution in [1.82, 2.24) is 5.43 Å². The zero-order valence-corrected chi connectivity index (χ0v) is 9.34. The normalized spacial score (nSPS) is 17.8. The van der Waals surface area contributed by atoms with Gasteiger partial charge in [-0.1, -0.05) is 0 Å². The summed E-state index contributed by atoms with van der Waals surface area (Å²) in [4.78, 5) is 10.8. The van der Waals surface area contributed by atoms with Crippen LogP contribution in [0.1, 0.15) is 6.42 Å². The van der Waals surface area contributed by atoms with E-state index < -0.39 is 43.4 Å². The van der Waals surface area contributed by atoms with Crippen molar-refractivity contribution in [3.05, 3.63) is 0 Å². The van der Waals surface area contributed by atoms with E-state index in [9.17, 15) is 20.1 Å². The molecule has 0 rings (SSSR count). The first-order valence-electron chi connectivity index (χ1n) is 4.96. The van der Waals surface area contributed by atoms with Crippen LogP contribution < -0.4 is 5.43 Å². The van der Waals surface area contributed by atoms with E-state index in [1.54, 1.807) is 6.07 Å². The highest BCUT2D eigenvalue weighted by Crippen LogP contribution is 2.03. The van der Waals surface area contributed by atoms with Crippen LogP contribution >= 0.6 is 0 Å². The van der Waals surface area contributed by atoms with E-state index in [4.69, 9.17) is 15.5 Å². The molecule has 4 atom stereocenters. The lowest BCUT2D eigenvalue weighted by Crippen LogP contribution is -2.46. The molecule has 18 heavy (non-hydrogen) atoms. The maximum atomic E-state index is 10.8. The third-order valence-electron chi connectivity index (χ3n) is 1.94. The lowest BCUT2D eigenvalue weighted by atomic mass is 10.0. The van der Waals surface area contributed by atoms with Crippen LogP contribution in [0.2, 0.25) is 0 Å². The summed E-state index contributed by atoms with van der Waals surface area (Å²) in [6.07, 6.45) is -6.54. The molecule has 0 saturated carbocycles. The maximum Gasteiger partial charge on any atom is 0.254 e. The molecule has 1 amide bonds. The molecule has 9 nitrogen and oxygen atoms in total. The number of rotatable bonds is 7. The van der Waals surface area contributed by atoms with E-state index in [-0.39, 0.29) is 0 Å². The van der Waals surface area contributed by atoms with E-state index in [1.165, 1.54) is 0 Å². The first kappa shape index (κ1) is 16.4. The average molecular weight is 261 g/mol. The van der Waals surface area contributed by atoms with E-state index >= 15 is 0 Å². The smallest absolute Gasteiger partial charge is 0.254 e. The van der Waals surface area contributed by atoms with E-state index in [1.807, 2.05) is 5.43 Å². The number of aliphatic hydroxyl groups excluding tert-OH is 5. The number of hydrogen-bond acceptors (Lipinski definition) is 8. The standard InChI is InChI=1S/C9H15N3O6/c10-2-1-7(16)12-11-3-5(14)8(17)9(18)6(15)4-13/h3,5-6,8-9,13-15,17-18H,1,4H2,(H,12,16)/b11-3-/t5-,6+,8-,9+/m0/s1. The van der Waals surface area contributed by atoms with Gasteiger partial charge in [-0.3, -0.25) is 4.79 Å². The van der Waals surface area contributed by atoms with Crippen LogP contribution in [-0.2, 0) is 4.79 Å². The third-order valence-corrected chi connectivity index (χ3v) is 1.94. The van der Waals surface area contributed by atoms with E-state index in [2.05, 4.69) is 5.10 Å². The Hall–Kier alpha value is -1.57. The second-order valence-corrected chi connectivity index (χ2v) is 3.37. The van der Waals surface area contributed by atoms with Gasteiger partial charge in [0.05, 0.1) is 18.9 Å². The Morgan fingerprint density at radius 3 is 2.44 bits per heavy atom. The Labute approximate surface area is 103 Å². The zero-order valence-electron chi connectivity index (χ0n) is 9.34. The molecule has 0 radical (unpaired) electrons. The first-order valence-corrected chi connectivity index (χ1v) is 4.96. The molecule has 0 aromatic heterocycles. The van der Waals surface area contributed by atoms with Gasteiger partial charge in [0, 0.05) is 0 Å². The topological polar surface area (TPSA) is 166 Å². The molecule has 0 aliphatic carbocycles. The van der Waals surface area contributed by atoms with Crippen molar-refractivity contribution in [1.29, 1.82) is 5.26 Å². The minimum atomic E-state index is -1.79. The van der Waals surface area contributed by atoms with Gasteiger partial charge in [0.2, 0.25) is 0 Å². The summed E-state index contributed by atoms with van der Waals surface area (Å²) < 4.78 is 0.